The van der Waals surface area contributed by atoms with Gasteiger partial charge in [-0.05, 0) is 30.2 Å². The number of hydrogen-bond acceptors (Lipinski definition) is 2. The highest BCUT2D eigenvalue weighted by atomic mass is 19.1. The van der Waals surface area contributed by atoms with Crippen molar-refractivity contribution in [3.05, 3.63) is 48.1 Å². The summed E-state index contributed by atoms with van der Waals surface area (Å²) in [4.78, 5) is 10.3. The first-order chi connectivity index (χ1) is 8.54. The Bertz CT molecular complexity index is 458. The summed E-state index contributed by atoms with van der Waals surface area (Å²) in [7, 11) is 0. The zero-order valence-corrected chi connectivity index (χ0v) is 9.53. The number of ether oxygens (including phenoxy) is 1. The van der Waals surface area contributed by atoms with Crippen molar-refractivity contribution >= 4 is 12.0 Å². The van der Waals surface area contributed by atoms with Crippen molar-refractivity contribution in [2.75, 3.05) is 6.61 Å². The van der Waals surface area contributed by atoms with Crippen LogP contribution in [0.2, 0.25) is 0 Å². The van der Waals surface area contributed by atoms with E-state index in [9.17, 15) is 13.6 Å². The lowest BCUT2D eigenvalue weighted by atomic mass is 10.2. The number of halogens is 2. The Kier molecular flexibility index (Phi) is 5.05. The van der Waals surface area contributed by atoms with Gasteiger partial charge < -0.3 is 9.84 Å². The van der Waals surface area contributed by atoms with Crippen LogP contribution in [-0.2, 0) is 4.79 Å². The standard InChI is InChI=1S/C13H12F2O3/c1-2-3-6-18-13-10(14)7-9(8-11(13)15)4-5-12(16)17/h2,4-5,7-8H,1,3,6H2,(H,16,17). The van der Waals surface area contributed by atoms with Crippen molar-refractivity contribution in [1.82, 2.24) is 0 Å². The molecule has 0 spiro atoms. The van der Waals surface area contributed by atoms with Crippen molar-refractivity contribution < 1.29 is 23.4 Å². The molecule has 0 aliphatic heterocycles. The predicted octanol–water partition coefficient (Wildman–Crippen LogP) is 3.02. The highest BCUT2D eigenvalue weighted by molar-refractivity contribution is 5.85. The summed E-state index contributed by atoms with van der Waals surface area (Å²) in [6, 6.07) is 2.01. The van der Waals surface area contributed by atoms with Gasteiger partial charge in [-0.3, -0.25) is 0 Å². The molecule has 1 aromatic rings. The average molecular weight is 254 g/mol. The summed E-state index contributed by atoms with van der Waals surface area (Å²) in [6.45, 7) is 3.59. The molecule has 0 saturated carbocycles. The second-order valence-corrected chi connectivity index (χ2v) is 3.41. The first-order valence-corrected chi connectivity index (χ1v) is 5.18. The zero-order chi connectivity index (χ0) is 13.5. The van der Waals surface area contributed by atoms with Crippen LogP contribution < -0.4 is 4.74 Å². The molecule has 0 aromatic heterocycles. The first kappa shape index (κ1) is 13.9. The van der Waals surface area contributed by atoms with Gasteiger partial charge in [0.05, 0.1) is 6.61 Å². The Morgan fingerprint density at radius 2 is 2.00 bits per heavy atom. The van der Waals surface area contributed by atoms with E-state index in [1.807, 2.05) is 0 Å². The Morgan fingerprint density at radius 3 is 2.50 bits per heavy atom. The molecular weight excluding hydrogens is 242 g/mol. The van der Waals surface area contributed by atoms with E-state index in [0.29, 0.717) is 6.42 Å². The maximum absolute atomic E-state index is 13.5. The molecule has 0 amide bonds. The number of hydrogen-bond donors (Lipinski definition) is 1. The summed E-state index contributed by atoms with van der Waals surface area (Å²) < 4.78 is 31.9. The summed E-state index contributed by atoms with van der Waals surface area (Å²) in [6.07, 6.45) is 3.94. The molecule has 0 aliphatic carbocycles. The normalized spacial score (nSPS) is 10.6. The van der Waals surface area contributed by atoms with Gasteiger partial charge in [0.2, 0.25) is 0 Å². The van der Waals surface area contributed by atoms with Crippen LogP contribution >= 0.6 is 0 Å². The summed E-state index contributed by atoms with van der Waals surface area (Å²) in [5.41, 5.74) is 0.114. The Morgan fingerprint density at radius 1 is 1.39 bits per heavy atom. The average Bonchev–Trinajstić information content (AvgIpc) is 2.30. The van der Waals surface area contributed by atoms with Crippen LogP contribution in [-0.4, -0.2) is 17.7 Å². The van der Waals surface area contributed by atoms with Gasteiger partial charge in [-0.25, -0.2) is 13.6 Å². The molecule has 96 valence electrons. The van der Waals surface area contributed by atoms with Crippen LogP contribution in [0, 0.1) is 11.6 Å². The fraction of sp³-hybridized carbons (Fsp3) is 0.154. The van der Waals surface area contributed by atoms with E-state index in [2.05, 4.69) is 6.58 Å². The molecule has 0 fully saturated rings. The van der Waals surface area contributed by atoms with E-state index in [0.717, 1.165) is 24.3 Å². The highest BCUT2D eigenvalue weighted by Crippen LogP contribution is 2.24. The molecule has 0 heterocycles. The third kappa shape index (κ3) is 4.01. The number of carbonyl (C=O) groups is 1. The fourth-order valence-electron chi connectivity index (χ4n) is 1.23. The Labute approximate surface area is 103 Å². The largest absolute Gasteiger partial charge is 0.487 e. The number of benzene rings is 1. The van der Waals surface area contributed by atoms with Crippen LogP contribution in [0.1, 0.15) is 12.0 Å². The molecule has 0 bridgehead atoms. The highest BCUT2D eigenvalue weighted by Gasteiger charge is 2.11. The van der Waals surface area contributed by atoms with E-state index < -0.39 is 23.4 Å². The third-order valence-electron chi connectivity index (χ3n) is 2.01. The topological polar surface area (TPSA) is 46.5 Å². The minimum Gasteiger partial charge on any atom is -0.487 e. The van der Waals surface area contributed by atoms with Crippen LogP contribution in [0.5, 0.6) is 5.75 Å². The lowest BCUT2D eigenvalue weighted by Gasteiger charge is -2.07. The van der Waals surface area contributed by atoms with E-state index in [1.165, 1.54) is 0 Å². The molecule has 0 saturated heterocycles. The van der Waals surface area contributed by atoms with E-state index in [-0.39, 0.29) is 12.2 Å². The Hall–Kier alpha value is -2.17. The SMILES string of the molecule is C=CCCOc1c(F)cc(C=CC(=O)O)cc1F. The predicted molar refractivity (Wildman–Crippen MR) is 63.3 cm³/mol. The number of carboxylic acids is 1. The maximum atomic E-state index is 13.5. The minimum atomic E-state index is -1.19. The van der Waals surface area contributed by atoms with Gasteiger partial charge in [0.15, 0.2) is 17.4 Å². The van der Waals surface area contributed by atoms with E-state index in [1.54, 1.807) is 6.08 Å². The number of rotatable bonds is 6. The smallest absolute Gasteiger partial charge is 0.328 e. The number of carboxylic acid groups (broad SMARTS) is 1. The monoisotopic (exact) mass is 254 g/mol. The molecule has 0 aliphatic rings. The van der Waals surface area contributed by atoms with Gasteiger partial charge in [-0.1, -0.05) is 6.08 Å². The molecule has 5 heteroatoms. The molecule has 1 aromatic carbocycles. The third-order valence-corrected chi connectivity index (χ3v) is 2.01. The lowest BCUT2D eigenvalue weighted by Crippen LogP contribution is -2.01. The minimum absolute atomic E-state index is 0.114. The summed E-state index contributed by atoms with van der Waals surface area (Å²) in [5, 5.41) is 8.40. The van der Waals surface area contributed by atoms with Gasteiger partial charge in [-0.2, -0.15) is 0 Å². The molecule has 1 N–H and O–H groups in total. The van der Waals surface area contributed by atoms with Crippen molar-refractivity contribution in [2.45, 2.75) is 6.42 Å². The van der Waals surface area contributed by atoms with Crippen molar-refractivity contribution in [1.29, 1.82) is 0 Å². The molecule has 18 heavy (non-hydrogen) atoms. The second kappa shape index (κ2) is 6.54. The van der Waals surface area contributed by atoms with Gasteiger partial charge in [0, 0.05) is 6.08 Å². The van der Waals surface area contributed by atoms with Crippen molar-refractivity contribution in [2.24, 2.45) is 0 Å². The fourth-order valence-corrected chi connectivity index (χ4v) is 1.23. The molecule has 0 radical (unpaired) electrons. The van der Waals surface area contributed by atoms with Gasteiger partial charge >= 0.3 is 5.97 Å². The van der Waals surface area contributed by atoms with Crippen LogP contribution in [0.4, 0.5) is 8.78 Å². The second-order valence-electron chi connectivity index (χ2n) is 3.41. The van der Waals surface area contributed by atoms with Crippen molar-refractivity contribution in [3.8, 4) is 5.75 Å². The maximum Gasteiger partial charge on any atom is 0.328 e. The van der Waals surface area contributed by atoms with E-state index >= 15 is 0 Å². The molecule has 0 atom stereocenters. The lowest BCUT2D eigenvalue weighted by molar-refractivity contribution is -0.131. The molecule has 3 nitrogen and oxygen atoms in total. The van der Waals surface area contributed by atoms with Crippen LogP contribution in [0.25, 0.3) is 6.08 Å². The van der Waals surface area contributed by atoms with E-state index in [4.69, 9.17) is 9.84 Å². The summed E-state index contributed by atoms with van der Waals surface area (Å²) in [5.74, 6) is -3.40. The van der Waals surface area contributed by atoms with Gasteiger partial charge in [0.25, 0.3) is 0 Å². The Balaban J connectivity index is 2.90. The number of aliphatic carboxylic acids is 1. The zero-order valence-electron chi connectivity index (χ0n) is 9.53. The van der Waals surface area contributed by atoms with Crippen LogP contribution in [0.15, 0.2) is 30.9 Å². The molecule has 0 unspecified atom stereocenters. The molecular formula is C13H12F2O3. The first-order valence-electron chi connectivity index (χ1n) is 5.18. The van der Waals surface area contributed by atoms with Crippen molar-refractivity contribution in [3.63, 3.8) is 0 Å². The molecule has 1 rings (SSSR count). The summed E-state index contributed by atoms with van der Waals surface area (Å²) >= 11 is 0. The van der Waals surface area contributed by atoms with Crippen LogP contribution in [0.3, 0.4) is 0 Å². The van der Waals surface area contributed by atoms with Gasteiger partial charge in [0.1, 0.15) is 0 Å². The van der Waals surface area contributed by atoms with Gasteiger partial charge in [-0.15, -0.1) is 6.58 Å². The quantitative estimate of drug-likeness (QED) is 0.482.